The molecule has 114 valence electrons. The van der Waals surface area contributed by atoms with Gasteiger partial charge in [0.2, 0.25) is 0 Å². The van der Waals surface area contributed by atoms with Crippen LogP contribution < -0.4 is 4.90 Å². The summed E-state index contributed by atoms with van der Waals surface area (Å²) in [5.41, 5.74) is 2.94. The summed E-state index contributed by atoms with van der Waals surface area (Å²) in [4.78, 5) is 14.6. The number of phenolic OH excluding ortho intramolecular Hbond substituents is 1. The number of ketones is 1. The van der Waals surface area contributed by atoms with Crippen molar-refractivity contribution in [3.63, 3.8) is 0 Å². The zero-order chi connectivity index (χ0) is 15.5. The molecule has 1 aliphatic rings. The molecule has 0 saturated carbocycles. The Labute approximate surface area is 130 Å². The van der Waals surface area contributed by atoms with Gasteiger partial charge in [-0.1, -0.05) is 29.8 Å². The maximum absolute atomic E-state index is 12.5. The Bertz CT molecular complexity index is 673. The number of aromatic hydroxyl groups is 1. The van der Waals surface area contributed by atoms with Gasteiger partial charge in [0.25, 0.3) is 0 Å². The Kier molecular flexibility index (Phi) is 4.11. The molecule has 1 heterocycles. The van der Waals surface area contributed by atoms with E-state index < -0.39 is 0 Å². The first-order chi connectivity index (χ1) is 10.6. The van der Waals surface area contributed by atoms with Gasteiger partial charge in [-0.05, 0) is 19.1 Å². The van der Waals surface area contributed by atoms with Crippen molar-refractivity contribution < 1.29 is 14.6 Å². The fourth-order valence-electron chi connectivity index (χ4n) is 2.59. The fourth-order valence-corrected chi connectivity index (χ4v) is 2.59. The van der Waals surface area contributed by atoms with Crippen LogP contribution in [-0.4, -0.2) is 37.2 Å². The lowest BCUT2D eigenvalue weighted by molar-refractivity contribution is 0.103. The second kappa shape index (κ2) is 6.20. The number of nitrogens with zero attached hydrogens (tertiary/aromatic N) is 1. The first kappa shape index (κ1) is 14.6. The van der Waals surface area contributed by atoms with Crippen molar-refractivity contribution in [3.05, 3.63) is 59.2 Å². The van der Waals surface area contributed by atoms with E-state index in [0.717, 1.165) is 24.3 Å². The maximum atomic E-state index is 12.5. The van der Waals surface area contributed by atoms with E-state index in [2.05, 4.69) is 4.90 Å². The van der Waals surface area contributed by atoms with E-state index in [-0.39, 0.29) is 11.5 Å². The minimum Gasteiger partial charge on any atom is -0.507 e. The molecular weight excluding hydrogens is 278 g/mol. The summed E-state index contributed by atoms with van der Waals surface area (Å²) in [6.07, 6.45) is 0. The average molecular weight is 297 g/mol. The van der Waals surface area contributed by atoms with Crippen LogP contribution in [0.25, 0.3) is 0 Å². The van der Waals surface area contributed by atoms with Crippen LogP contribution in [0.2, 0.25) is 0 Å². The molecule has 22 heavy (non-hydrogen) atoms. The fraction of sp³-hybridized carbons (Fsp3) is 0.278. The summed E-state index contributed by atoms with van der Waals surface area (Å²) in [5.74, 6) is -0.138. The smallest absolute Gasteiger partial charge is 0.196 e. The van der Waals surface area contributed by atoms with Crippen LogP contribution in [0, 0.1) is 6.92 Å². The van der Waals surface area contributed by atoms with Gasteiger partial charge >= 0.3 is 0 Å². The SMILES string of the molecule is Cc1ccc(C(=O)c2ccc(N3CCOCC3)cc2O)cc1. The highest BCUT2D eigenvalue weighted by molar-refractivity contribution is 6.10. The lowest BCUT2D eigenvalue weighted by atomic mass is 10.0. The highest BCUT2D eigenvalue weighted by atomic mass is 16.5. The first-order valence-corrected chi connectivity index (χ1v) is 7.42. The van der Waals surface area contributed by atoms with Crippen molar-refractivity contribution in [3.8, 4) is 5.75 Å². The third kappa shape index (κ3) is 2.97. The molecule has 4 nitrogen and oxygen atoms in total. The Morgan fingerprint density at radius 1 is 1.09 bits per heavy atom. The summed E-state index contributed by atoms with van der Waals surface area (Å²) in [6, 6.07) is 12.6. The van der Waals surface area contributed by atoms with Crippen LogP contribution in [-0.2, 0) is 4.74 Å². The van der Waals surface area contributed by atoms with Crippen LogP contribution in [0.15, 0.2) is 42.5 Å². The number of aryl methyl sites for hydroxylation is 1. The number of morpholine rings is 1. The van der Waals surface area contributed by atoms with Gasteiger partial charge in [-0.15, -0.1) is 0 Å². The van der Waals surface area contributed by atoms with Crippen molar-refractivity contribution >= 4 is 11.5 Å². The molecule has 1 fully saturated rings. The quantitative estimate of drug-likeness (QED) is 0.885. The summed E-state index contributed by atoms with van der Waals surface area (Å²) in [6.45, 7) is 4.94. The summed E-state index contributed by atoms with van der Waals surface area (Å²) in [7, 11) is 0. The van der Waals surface area contributed by atoms with Crippen molar-refractivity contribution in [2.45, 2.75) is 6.92 Å². The minimum absolute atomic E-state index is 0.0227. The van der Waals surface area contributed by atoms with Crippen LogP contribution in [0.4, 0.5) is 5.69 Å². The van der Waals surface area contributed by atoms with Gasteiger partial charge in [-0.25, -0.2) is 0 Å². The molecule has 0 radical (unpaired) electrons. The molecule has 3 rings (SSSR count). The molecule has 0 bridgehead atoms. The summed E-state index contributed by atoms with van der Waals surface area (Å²) in [5, 5.41) is 10.2. The molecule has 0 aromatic heterocycles. The Morgan fingerprint density at radius 2 is 1.77 bits per heavy atom. The number of carbonyl (C=O) groups excluding carboxylic acids is 1. The van der Waals surface area contributed by atoms with Crippen molar-refractivity contribution in [1.82, 2.24) is 0 Å². The molecule has 2 aromatic carbocycles. The van der Waals surface area contributed by atoms with E-state index in [1.807, 2.05) is 25.1 Å². The van der Waals surface area contributed by atoms with E-state index >= 15 is 0 Å². The third-order valence-electron chi connectivity index (χ3n) is 3.92. The number of carbonyl (C=O) groups is 1. The van der Waals surface area contributed by atoms with E-state index in [4.69, 9.17) is 4.74 Å². The highest BCUT2D eigenvalue weighted by Gasteiger charge is 2.17. The second-order valence-corrected chi connectivity index (χ2v) is 5.50. The van der Waals surface area contributed by atoms with E-state index in [1.165, 1.54) is 0 Å². The number of phenols is 1. The molecule has 1 saturated heterocycles. The lowest BCUT2D eigenvalue weighted by Crippen LogP contribution is -2.36. The van der Waals surface area contributed by atoms with Gasteiger partial charge in [0.05, 0.1) is 18.8 Å². The normalized spacial score (nSPS) is 14.9. The number of hydrogen-bond acceptors (Lipinski definition) is 4. The number of hydrogen-bond donors (Lipinski definition) is 1. The Balaban J connectivity index is 1.85. The van der Waals surface area contributed by atoms with E-state index in [9.17, 15) is 9.90 Å². The number of anilines is 1. The number of benzene rings is 2. The van der Waals surface area contributed by atoms with Crippen LogP contribution >= 0.6 is 0 Å². The molecule has 0 aliphatic carbocycles. The molecule has 4 heteroatoms. The van der Waals surface area contributed by atoms with Crippen LogP contribution in [0.3, 0.4) is 0 Å². The standard InChI is InChI=1S/C18H19NO3/c1-13-2-4-14(5-3-13)18(21)16-7-6-15(12-17(16)20)19-8-10-22-11-9-19/h2-7,12,20H,8-11H2,1H3. The molecule has 0 spiro atoms. The highest BCUT2D eigenvalue weighted by Crippen LogP contribution is 2.27. The monoisotopic (exact) mass is 297 g/mol. The molecule has 1 aliphatic heterocycles. The van der Waals surface area contributed by atoms with Gasteiger partial charge in [0.15, 0.2) is 5.78 Å². The number of ether oxygens (including phenoxy) is 1. The van der Waals surface area contributed by atoms with E-state index in [1.54, 1.807) is 24.3 Å². The third-order valence-corrected chi connectivity index (χ3v) is 3.92. The lowest BCUT2D eigenvalue weighted by Gasteiger charge is -2.29. The maximum Gasteiger partial charge on any atom is 0.196 e. The summed E-state index contributed by atoms with van der Waals surface area (Å²) < 4.78 is 5.32. The molecular formula is C18H19NO3. The zero-order valence-electron chi connectivity index (χ0n) is 12.6. The zero-order valence-corrected chi connectivity index (χ0v) is 12.6. The van der Waals surface area contributed by atoms with Crippen molar-refractivity contribution in [1.29, 1.82) is 0 Å². The molecule has 0 unspecified atom stereocenters. The molecule has 0 amide bonds. The van der Waals surface area contributed by atoms with Crippen LogP contribution in [0.1, 0.15) is 21.5 Å². The number of rotatable bonds is 3. The predicted octanol–water partition coefficient (Wildman–Crippen LogP) is 2.77. The van der Waals surface area contributed by atoms with Gasteiger partial charge in [0, 0.05) is 30.4 Å². The largest absolute Gasteiger partial charge is 0.507 e. The second-order valence-electron chi connectivity index (χ2n) is 5.50. The average Bonchev–Trinajstić information content (AvgIpc) is 2.56. The summed E-state index contributed by atoms with van der Waals surface area (Å²) >= 11 is 0. The van der Waals surface area contributed by atoms with Crippen molar-refractivity contribution in [2.75, 3.05) is 31.2 Å². The van der Waals surface area contributed by atoms with Gasteiger partial charge in [0.1, 0.15) is 5.75 Å². The van der Waals surface area contributed by atoms with Gasteiger partial charge in [-0.2, -0.15) is 0 Å². The molecule has 2 aromatic rings. The van der Waals surface area contributed by atoms with Crippen LogP contribution in [0.5, 0.6) is 5.75 Å². The molecule has 1 N–H and O–H groups in total. The van der Waals surface area contributed by atoms with Crippen molar-refractivity contribution in [2.24, 2.45) is 0 Å². The first-order valence-electron chi connectivity index (χ1n) is 7.42. The molecule has 0 atom stereocenters. The Hall–Kier alpha value is -2.33. The van der Waals surface area contributed by atoms with Gasteiger partial charge < -0.3 is 14.7 Å². The minimum atomic E-state index is -0.161. The predicted molar refractivity (Wildman–Crippen MR) is 85.8 cm³/mol. The Morgan fingerprint density at radius 3 is 2.41 bits per heavy atom. The van der Waals surface area contributed by atoms with Gasteiger partial charge in [-0.3, -0.25) is 4.79 Å². The van der Waals surface area contributed by atoms with E-state index in [0.29, 0.717) is 24.3 Å². The topological polar surface area (TPSA) is 49.8 Å².